The zero-order chi connectivity index (χ0) is 23.8. The van der Waals surface area contributed by atoms with Crippen molar-refractivity contribution in [1.82, 2.24) is 14.9 Å². The van der Waals surface area contributed by atoms with Crippen LogP contribution in [0.2, 0.25) is 0 Å². The van der Waals surface area contributed by atoms with Gasteiger partial charge in [-0.3, -0.25) is 0 Å². The third kappa shape index (κ3) is 6.34. The smallest absolute Gasteiger partial charge is 0.225 e. The molecular weight excluding hydrogens is 442 g/mol. The lowest BCUT2D eigenvalue weighted by Crippen LogP contribution is -2.35. The quantitative estimate of drug-likeness (QED) is 0.211. The Bertz CT molecular complexity index is 1180. The lowest BCUT2D eigenvalue weighted by atomic mass is 10.2. The number of benzene rings is 2. The molecular formula is C27H30N5OS+. The molecule has 1 N–H and O–H groups in total. The minimum atomic E-state index is 0.156. The van der Waals surface area contributed by atoms with Crippen molar-refractivity contribution in [3.63, 3.8) is 0 Å². The van der Waals surface area contributed by atoms with Crippen molar-refractivity contribution in [3.8, 4) is 0 Å². The molecule has 0 aliphatic heterocycles. The maximum absolute atomic E-state index is 9.30. The summed E-state index contributed by atoms with van der Waals surface area (Å²) in [5, 5.41) is 9.30. The van der Waals surface area contributed by atoms with Crippen LogP contribution in [-0.2, 0) is 26.1 Å². The lowest BCUT2D eigenvalue weighted by molar-refractivity contribution is -0.689. The number of aliphatic hydroxyl groups is 1. The van der Waals surface area contributed by atoms with E-state index in [1.54, 1.807) is 11.3 Å². The number of hydrogen-bond acceptors (Lipinski definition) is 5. The first-order valence-electron chi connectivity index (χ1n) is 11.4. The summed E-state index contributed by atoms with van der Waals surface area (Å²) in [6, 6.07) is 20.8. The highest BCUT2D eigenvalue weighted by Crippen LogP contribution is 2.18. The van der Waals surface area contributed by atoms with Crippen LogP contribution in [0.15, 0.2) is 77.4 Å². The van der Waals surface area contributed by atoms with Gasteiger partial charge in [0.25, 0.3) is 0 Å². The van der Waals surface area contributed by atoms with Crippen molar-refractivity contribution in [2.24, 2.45) is 4.99 Å². The Kier molecular flexibility index (Phi) is 8.12. The molecule has 0 radical (unpaired) electrons. The zero-order valence-corrected chi connectivity index (χ0v) is 20.4. The van der Waals surface area contributed by atoms with E-state index >= 15 is 0 Å². The average molecular weight is 473 g/mol. The first-order chi connectivity index (χ1) is 16.6. The summed E-state index contributed by atoms with van der Waals surface area (Å²) in [5.41, 5.74) is 6.66. The van der Waals surface area contributed by atoms with Gasteiger partial charge in [-0.1, -0.05) is 72.0 Å². The molecule has 0 saturated heterocycles. The van der Waals surface area contributed by atoms with Crippen LogP contribution >= 0.6 is 11.3 Å². The third-order valence-electron chi connectivity index (χ3n) is 5.60. The summed E-state index contributed by atoms with van der Waals surface area (Å²) in [4.78, 5) is 17.3. The molecule has 34 heavy (non-hydrogen) atoms. The van der Waals surface area contributed by atoms with Crippen LogP contribution < -0.4 is 4.57 Å². The van der Waals surface area contributed by atoms with Gasteiger partial charge < -0.3 is 10.0 Å². The second-order valence-corrected chi connectivity index (χ2v) is 9.16. The van der Waals surface area contributed by atoms with Crippen LogP contribution in [0.25, 0.3) is 0 Å². The zero-order valence-electron chi connectivity index (χ0n) is 19.6. The molecule has 0 aliphatic carbocycles. The largest absolute Gasteiger partial charge is 0.396 e. The highest BCUT2D eigenvalue weighted by atomic mass is 32.1. The third-order valence-corrected chi connectivity index (χ3v) is 6.74. The highest BCUT2D eigenvalue weighted by molar-refractivity contribution is 7.09. The van der Waals surface area contributed by atoms with E-state index in [9.17, 15) is 5.11 Å². The van der Waals surface area contributed by atoms with Gasteiger partial charge in [0.15, 0.2) is 18.1 Å². The molecule has 4 rings (SSSR count). The average Bonchev–Trinajstić information content (AvgIpc) is 3.19. The van der Waals surface area contributed by atoms with Gasteiger partial charge in [0.05, 0.1) is 16.8 Å². The van der Waals surface area contributed by atoms with Crippen LogP contribution in [0.5, 0.6) is 0 Å². The lowest BCUT2D eigenvalue weighted by Gasteiger charge is -2.20. The summed E-state index contributed by atoms with van der Waals surface area (Å²) in [5.74, 6) is 1.38. The van der Waals surface area contributed by atoms with Gasteiger partial charge in [0, 0.05) is 39.2 Å². The Labute approximate surface area is 204 Å². The number of nitrogens with zero attached hydrogens (tertiary/aromatic N) is 5. The summed E-state index contributed by atoms with van der Waals surface area (Å²) >= 11 is 1.67. The number of hydrogen-bond donors (Lipinski definition) is 1. The number of rotatable bonds is 10. The summed E-state index contributed by atoms with van der Waals surface area (Å²) < 4.78 is 2.18. The van der Waals surface area contributed by atoms with Gasteiger partial charge in [-0.15, -0.1) is 0 Å². The molecule has 174 valence electrons. The van der Waals surface area contributed by atoms with Crippen LogP contribution in [-0.4, -0.2) is 32.9 Å². The number of aliphatic imine (C=N–C) groups is 1. The Balaban J connectivity index is 1.59. The maximum atomic E-state index is 9.30. The van der Waals surface area contributed by atoms with Crippen molar-refractivity contribution in [3.05, 3.63) is 105 Å². The molecule has 2 heterocycles. The van der Waals surface area contributed by atoms with Crippen molar-refractivity contribution in [2.45, 2.75) is 39.9 Å². The first-order valence-corrected chi connectivity index (χ1v) is 12.3. The van der Waals surface area contributed by atoms with E-state index in [1.165, 1.54) is 16.0 Å². The topological polar surface area (TPSA) is 65.5 Å². The van der Waals surface area contributed by atoms with E-state index in [4.69, 9.17) is 4.99 Å². The van der Waals surface area contributed by atoms with Crippen LogP contribution in [0.3, 0.4) is 0 Å². The van der Waals surface area contributed by atoms with Gasteiger partial charge in [-0.2, -0.15) is 4.57 Å². The number of aliphatic hydroxyl groups excluding tert-OH is 1. The fraction of sp³-hybridized carbons (Fsp3) is 0.259. The highest BCUT2D eigenvalue weighted by Gasteiger charge is 2.18. The molecule has 4 aromatic rings. The first kappa shape index (κ1) is 23.7. The van der Waals surface area contributed by atoms with Gasteiger partial charge >= 0.3 is 0 Å². The summed E-state index contributed by atoms with van der Waals surface area (Å²) in [6.07, 6.45) is 4.43. The second kappa shape index (κ2) is 11.6. The molecule has 2 aromatic heterocycles. The van der Waals surface area contributed by atoms with Crippen molar-refractivity contribution in [1.29, 1.82) is 0 Å². The minimum absolute atomic E-state index is 0.156. The second-order valence-electron chi connectivity index (χ2n) is 8.22. The molecule has 0 saturated carbocycles. The molecule has 0 spiro atoms. The summed E-state index contributed by atoms with van der Waals surface area (Å²) in [7, 11) is 0. The fourth-order valence-corrected chi connectivity index (χ4v) is 4.73. The molecule has 2 aromatic carbocycles. The van der Waals surface area contributed by atoms with Gasteiger partial charge in [0.2, 0.25) is 5.51 Å². The molecule has 6 nitrogen and oxygen atoms in total. The fourth-order valence-electron chi connectivity index (χ4n) is 3.75. The Morgan fingerprint density at radius 1 is 1.00 bits per heavy atom. The van der Waals surface area contributed by atoms with E-state index in [2.05, 4.69) is 80.4 Å². The van der Waals surface area contributed by atoms with Gasteiger partial charge in [-0.05, 0) is 18.1 Å². The predicted octanol–water partition coefficient (Wildman–Crippen LogP) is 4.39. The van der Waals surface area contributed by atoms with E-state index in [-0.39, 0.29) is 6.61 Å². The minimum Gasteiger partial charge on any atom is -0.396 e. The van der Waals surface area contributed by atoms with Crippen molar-refractivity contribution in [2.75, 3.05) is 6.61 Å². The Morgan fingerprint density at radius 2 is 1.65 bits per heavy atom. The normalized spacial score (nSPS) is 11.3. The molecule has 7 heteroatoms. The van der Waals surface area contributed by atoms with Crippen LogP contribution in [0.4, 0.5) is 5.82 Å². The molecule has 0 amide bonds. The molecule has 0 unspecified atom stereocenters. The maximum Gasteiger partial charge on any atom is 0.225 e. The van der Waals surface area contributed by atoms with Gasteiger partial charge in [0.1, 0.15) is 5.82 Å². The van der Waals surface area contributed by atoms with Gasteiger partial charge in [-0.25, -0.2) is 15.0 Å². The van der Waals surface area contributed by atoms with Crippen LogP contribution in [0.1, 0.15) is 33.1 Å². The summed E-state index contributed by atoms with van der Waals surface area (Å²) in [6.45, 7) is 6.27. The van der Waals surface area contributed by atoms with Crippen LogP contribution in [0, 0.1) is 13.8 Å². The number of aromatic nitrogens is 3. The number of aryl methyl sites for hydroxylation is 1. The SMILES string of the molecule is Cc1ncc(C[n+]2csc(CCO)c2C)c(N=CN(Cc2ccccc2)Cc2ccccc2)n1. The Hall–Kier alpha value is -3.42. The standard InChI is InChI=1S/C27H30N5OS/c1-21-26(13-14-33)34-20-32(21)18-25-15-28-22(2)30-27(25)29-19-31(16-23-9-5-3-6-10-23)17-24-11-7-4-8-12-24/h3-12,15,19-20,33H,13-14,16-18H2,1-2H3/q+1. The molecule has 0 atom stereocenters. The monoisotopic (exact) mass is 472 g/mol. The van der Waals surface area contributed by atoms with E-state index in [0.29, 0.717) is 24.6 Å². The Morgan fingerprint density at radius 3 is 2.26 bits per heavy atom. The predicted molar refractivity (Wildman–Crippen MR) is 136 cm³/mol. The van der Waals surface area contributed by atoms with Crippen molar-refractivity contribution >= 4 is 23.5 Å². The molecule has 0 bridgehead atoms. The van der Waals surface area contributed by atoms with E-state index in [1.807, 2.05) is 31.6 Å². The molecule has 0 fully saturated rings. The van der Waals surface area contributed by atoms with Crippen molar-refractivity contribution < 1.29 is 9.67 Å². The van der Waals surface area contributed by atoms with E-state index in [0.717, 1.165) is 24.3 Å². The van der Waals surface area contributed by atoms with E-state index < -0.39 is 0 Å². The number of thiazole rings is 1. The molecule has 0 aliphatic rings.